The number of carbonyl (C=O) groups excluding carboxylic acids is 1. The fourth-order valence-electron chi connectivity index (χ4n) is 3.28. The molecular formula is C20H20ClNO4. The largest absolute Gasteiger partial charge is 0.487 e. The molecule has 0 saturated carbocycles. The van der Waals surface area contributed by atoms with Crippen LogP contribution in [0.25, 0.3) is 0 Å². The van der Waals surface area contributed by atoms with E-state index in [4.69, 9.17) is 21.4 Å². The molecular weight excluding hydrogens is 354 g/mol. The summed E-state index contributed by atoms with van der Waals surface area (Å²) in [6.45, 7) is 1.71. The number of rotatable bonds is 5. The quantitative estimate of drug-likeness (QED) is 0.871. The van der Waals surface area contributed by atoms with Gasteiger partial charge in [-0.05, 0) is 48.4 Å². The summed E-state index contributed by atoms with van der Waals surface area (Å²) in [5.74, 6) is -0.596. The molecule has 0 fully saturated rings. The molecule has 6 heteroatoms. The molecule has 0 bridgehead atoms. The Morgan fingerprint density at radius 2 is 1.92 bits per heavy atom. The Kier molecular flexibility index (Phi) is 4.92. The van der Waals surface area contributed by atoms with Crippen LogP contribution in [-0.2, 0) is 17.6 Å². The molecule has 1 N–H and O–H groups in total. The van der Waals surface area contributed by atoms with Crippen LogP contribution in [0.2, 0.25) is 5.02 Å². The minimum atomic E-state index is -1.04. The Labute approximate surface area is 157 Å². The Morgan fingerprint density at radius 1 is 1.23 bits per heavy atom. The summed E-state index contributed by atoms with van der Waals surface area (Å²) in [5.41, 5.74) is 2.15. The lowest BCUT2D eigenvalue weighted by Gasteiger charge is -2.24. The number of hydrogen-bond donors (Lipinski definition) is 1. The highest BCUT2D eigenvalue weighted by Gasteiger charge is 2.35. The number of ether oxygens (including phenoxy) is 1. The molecule has 1 amide bonds. The van der Waals surface area contributed by atoms with Crippen LogP contribution in [0.1, 0.15) is 28.4 Å². The summed E-state index contributed by atoms with van der Waals surface area (Å²) < 4.78 is 6.14. The first-order valence-corrected chi connectivity index (χ1v) is 8.67. The van der Waals surface area contributed by atoms with Gasteiger partial charge in [-0.25, -0.2) is 0 Å². The van der Waals surface area contributed by atoms with Gasteiger partial charge in [0.25, 0.3) is 5.91 Å². The average Bonchev–Trinajstić information content (AvgIpc) is 2.90. The molecule has 1 aliphatic heterocycles. The maximum Gasteiger partial charge on any atom is 0.323 e. The van der Waals surface area contributed by atoms with Crippen LogP contribution in [0.5, 0.6) is 5.75 Å². The van der Waals surface area contributed by atoms with Crippen LogP contribution < -0.4 is 4.74 Å². The summed E-state index contributed by atoms with van der Waals surface area (Å²) >= 11 is 5.94. The second-order valence-corrected chi connectivity index (χ2v) is 7.35. The SMILES string of the molecule is CN(CC(=O)O)C(=O)c1ccc2c(c1)CC(C)(Cc1ccc(Cl)cc1)O2. The molecule has 0 aromatic heterocycles. The van der Waals surface area contributed by atoms with Gasteiger partial charge in [0.1, 0.15) is 17.9 Å². The lowest BCUT2D eigenvalue weighted by Crippen LogP contribution is -2.33. The van der Waals surface area contributed by atoms with Crippen molar-refractivity contribution in [1.29, 1.82) is 0 Å². The van der Waals surface area contributed by atoms with Crippen LogP contribution in [0.3, 0.4) is 0 Å². The van der Waals surface area contributed by atoms with Crippen molar-refractivity contribution in [3.05, 3.63) is 64.2 Å². The van der Waals surface area contributed by atoms with Gasteiger partial charge in [-0.1, -0.05) is 23.7 Å². The number of likely N-dealkylation sites (N-methyl/N-ethyl adjacent to an activating group) is 1. The second-order valence-electron chi connectivity index (χ2n) is 6.91. The number of nitrogens with zero attached hydrogens (tertiary/aromatic N) is 1. The number of halogens is 1. The molecule has 5 nitrogen and oxygen atoms in total. The van der Waals surface area contributed by atoms with E-state index in [2.05, 4.69) is 0 Å². The van der Waals surface area contributed by atoms with Crippen LogP contribution in [0.15, 0.2) is 42.5 Å². The predicted molar refractivity (Wildman–Crippen MR) is 98.9 cm³/mol. The van der Waals surface area contributed by atoms with Gasteiger partial charge in [-0.3, -0.25) is 9.59 Å². The maximum absolute atomic E-state index is 12.4. The number of hydrogen-bond acceptors (Lipinski definition) is 3. The van der Waals surface area contributed by atoms with Crippen LogP contribution in [0, 0.1) is 0 Å². The highest BCUT2D eigenvalue weighted by Crippen LogP contribution is 2.37. The van der Waals surface area contributed by atoms with E-state index in [1.165, 1.54) is 11.9 Å². The molecule has 0 spiro atoms. The molecule has 1 aliphatic rings. The first-order valence-electron chi connectivity index (χ1n) is 8.29. The van der Waals surface area contributed by atoms with E-state index in [1.807, 2.05) is 31.2 Å². The van der Waals surface area contributed by atoms with E-state index in [0.717, 1.165) is 23.3 Å². The van der Waals surface area contributed by atoms with Gasteiger partial charge in [0, 0.05) is 30.5 Å². The topological polar surface area (TPSA) is 66.8 Å². The highest BCUT2D eigenvalue weighted by atomic mass is 35.5. The molecule has 1 heterocycles. The predicted octanol–water partition coefficient (Wildman–Crippen LogP) is 3.43. The molecule has 26 heavy (non-hydrogen) atoms. The Morgan fingerprint density at radius 3 is 2.58 bits per heavy atom. The number of benzene rings is 2. The van der Waals surface area contributed by atoms with Crippen molar-refractivity contribution in [1.82, 2.24) is 4.90 Å². The van der Waals surface area contributed by atoms with E-state index in [-0.39, 0.29) is 12.5 Å². The van der Waals surface area contributed by atoms with E-state index in [9.17, 15) is 9.59 Å². The first-order chi connectivity index (χ1) is 12.3. The van der Waals surface area contributed by atoms with E-state index >= 15 is 0 Å². The molecule has 0 saturated heterocycles. The van der Waals surface area contributed by atoms with Gasteiger partial charge in [-0.15, -0.1) is 0 Å². The van der Waals surface area contributed by atoms with Gasteiger partial charge < -0.3 is 14.7 Å². The minimum absolute atomic E-state index is 0.318. The third kappa shape index (κ3) is 3.99. The van der Waals surface area contributed by atoms with E-state index in [1.54, 1.807) is 18.2 Å². The lowest BCUT2D eigenvalue weighted by atomic mass is 9.91. The van der Waals surface area contributed by atoms with E-state index < -0.39 is 11.6 Å². The highest BCUT2D eigenvalue weighted by molar-refractivity contribution is 6.30. The fourth-order valence-corrected chi connectivity index (χ4v) is 3.41. The second kappa shape index (κ2) is 7.00. The van der Waals surface area contributed by atoms with Gasteiger partial charge in [0.15, 0.2) is 0 Å². The van der Waals surface area contributed by atoms with E-state index in [0.29, 0.717) is 17.0 Å². The Hall–Kier alpha value is -2.53. The molecule has 1 unspecified atom stereocenters. The summed E-state index contributed by atoms with van der Waals surface area (Å²) in [6.07, 6.45) is 1.40. The van der Waals surface area contributed by atoms with Crippen LogP contribution >= 0.6 is 11.6 Å². The summed E-state index contributed by atoms with van der Waals surface area (Å²) in [4.78, 5) is 24.4. The fraction of sp³-hybridized carbons (Fsp3) is 0.300. The first kappa shape index (κ1) is 18.3. The normalized spacial score (nSPS) is 18.1. The molecule has 2 aromatic rings. The van der Waals surface area contributed by atoms with Crippen LogP contribution in [0.4, 0.5) is 0 Å². The van der Waals surface area contributed by atoms with Gasteiger partial charge in [0.2, 0.25) is 0 Å². The van der Waals surface area contributed by atoms with Crippen molar-refractivity contribution >= 4 is 23.5 Å². The van der Waals surface area contributed by atoms with Gasteiger partial charge >= 0.3 is 5.97 Å². The summed E-state index contributed by atoms with van der Waals surface area (Å²) in [7, 11) is 1.48. The van der Waals surface area contributed by atoms with Gasteiger partial charge in [0.05, 0.1) is 0 Å². The van der Waals surface area contributed by atoms with Crippen LogP contribution in [-0.4, -0.2) is 41.1 Å². The number of carboxylic acid groups (broad SMARTS) is 1. The zero-order valence-electron chi connectivity index (χ0n) is 14.7. The smallest absolute Gasteiger partial charge is 0.323 e. The minimum Gasteiger partial charge on any atom is -0.487 e. The van der Waals surface area contributed by atoms with Gasteiger partial charge in [-0.2, -0.15) is 0 Å². The molecule has 136 valence electrons. The number of carbonyl (C=O) groups is 2. The molecule has 1 atom stereocenters. The van der Waals surface area contributed by atoms with Crippen molar-refractivity contribution < 1.29 is 19.4 Å². The number of carboxylic acids is 1. The maximum atomic E-state index is 12.4. The molecule has 0 radical (unpaired) electrons. The van der Waals surface area contributed by atoms with Crippen molar-refractivity contribution in [2.75, 3.05) is 13.6 Å². The number of aliphatic carboxylic acids is 1. The number of amides is 1. The molecule has 3 rings (SSSR count). The zero-order valence-corrected chi connectivity index (χ0v) is 15.4. The average molecular weight is 374 g/mol. The summed E-state index contributed by atoms with van der Waals surface area (Å²) in [5, 5.41) is 9.54. The molecule has 0 aliphatic carbocycles. The third-order valence-electron chi connectivity index (χ3n) is 4.44. The Bertz CT molecular complexity index is 849. The van der Waals surface area contributed by atoms with Crippen molar-refractivity contribution in [2.45, 2.75) is 25.4 Å². The standard InChI is InChI=1S/C20H20ClNO4/c1-20(10-13-3-6-16(21)7-4-13)11-15-9-14(5-8-17(15)26-20)19(25)22(2)12-18(23)24/h3-9H,10-12H2,1-2H3,(H,23,24). The van der Waals surface area contributed by atoms with Crippen molar-refractivity contribution in [2.24, 2.45) is 0 Å². The lowest BCUT2D eigenvalue weighted by molar-refractivity contribution is -0.137. The molecule has 2 aromatic carbocycles. The van der Waals surface area contributed by atoms with Crippen molar-refractivity contribution in [3.63, 3.8) is 0 Å². The third-order valence-corrected chi connectivity index (χ3v) is 4.69. The summed E-state index contributed by atoms with van der Waals surface area (Å²) in [6, 6.07) is 12.9. The van der Waals surface area contributed by atoms with Crippen molar-refractivity contribution in [3.8, 4) is 5.75 Å². The zero-order chi connectivity index (χ0) is 18.9. The number of fused-ring (bicyclic) bond motifs is 1. The Balaban J connectivity index is 1.75. The monoisotopic (exact) mass is 373 g/mol.